The van der Waals surface area contributed by atoms with Crippen LogP contribution in [0.4, 0.5) is 0 Å². The SMILES string of the molecule is CCn1cncc1CNCc1ccccc1Br. The largest absolute Gasteiger partial charge is 0.334 e. The van der Waals surface area contributed by atoms with Crippen LogP contribution in [-0.2, 0) is 19.6 Å². The van der Waals surface area contributed by atoms with E-state index in [2.05, 4.69) is 55.9 Å². The van der Waals surface area contributed by atoms with Crippen molar-refractivity contribution in [3.05, 3.63) is 52.5 Å². The summed E-state index contributed by atoms with van der Waals surface area (Å²) in [6.45, 7) is 4.79. The number of hydrogen-bond donors (Lipinski definition) is 1. The third kappa shape index (κ3) is 3.17. The molecule has 1 aromatic heterocycles. The highest BCUT2D eigenvalue weighted by Crippen LogP contribution is 2.15. The number of benzene rings is 1. The van der Waals surface area contributed by atoms with Crippen LogP contribution in [0.3, 0.4) is 0 Å². The number of nitrogens with one attached hydrogen (secondary N) is 1. The molecule has 0 saturated heterocycles. The van der Waals surface area contributed by atoms with Crippen molar-refractivity contribution in [3.8, 4) is 0 Å². The predicted octanol–water partition coefficient (Wildman–Crippen LogP) is 2.96. The van der Waals surface area contributed by atoms with Gasteiger partial charge in [-0.3, -0.25) is 0 Å². The molecule has 0 bridgehead atoms. The summed E-state index contributed by atoms with van der Waals surface area (Å²) in [5, 5.41) is 3.43. The Balaban J connectivity index is 1.90. The van der Waals surface area contributed by atoms with Crippen LogP contribution in [0.2, 0.25) is 0 Å². The first-order valence-corrected chi connectivity index (χ1v) is 6.53. The molecular weight excluding hydrogens is 278 g/mol. The maximum absolute atomic E-state index is 4.15. The van der Waals surface area contributed by atoms with Crippen LogP contribution in [0.5, 0.6) is 0 Å². The molecule has 0 atom stereocenters. The van der Waals surface area contributed by atoms with E-state index in [1.165, 1.54) is 11.3 Å². The highest BCUT2D eigenvalue weighted by Gasteiger charge is 2.01. The second-order valence-electron chi connectivity index (χ2n) is 3.87. The van der Waals surface area contributed by atoms with Gasteiger partial charge in [0.2, 0.25) is 0 Å². The second kappa shape index (κ2) is 5.98. The van der Waals surface area contributed by atoms with Gasteiger partial charge in [0.1, 0.15) is 0 Å². The summed E-state index contributed by atoms with van der Waals surface area (Å²) in [4.78, 5) is 4.15. The van der Waals surface area contributed by atoms with Crippen molar-refractivity contribution in [3.63, 3.8) is 0 Å². The van der Waals surface area contributed by atoms with Gasteiger partial charge in [0.15, 0.2) is 0 Å². The second-order valence-corrected chi connectivity index (χ2v) is 4.72. The van der Waals surface area contributed by atoms with E-state index < -0.39 is 0 Å². The van der Waals surface area contributed by atoms with Crippen molar-refractivity contribution in [2.24, 2.45) is 0 Å². The normalized spacial score (nSPS) is 10.7. The number of imidazole rings is 1. The average molecular weight is 294 g/mol. The van der Waals surface area contributed by atoms with Crippen molar-refractivity contribution >= 4 is 15.9 Å². The maximum atomic E-state index is 4.15. The molecule has 90 valence electrons. The number of rotatable bonds is 5. The smallest absolute Gasteiger partial charge is 0.0948 e. The number of halogens is 1. The summed E-state index contributed by atoms with van der Waals surface area (Å²) in [5.74, 6) is 0. The van der Waals surface area contributed by atoms with Crippen LogP contribution in [0.1, 0.15) is 18.2 Å². The summed E-state index contributed by atoms with van der Waals surface area (Å²) < 4.78 is 3.30. The maximum Gasteiger partial charge on any atom is 0.0948 e. The van der Waals surface area contributed by atoms with Gasteiger partial charge in [-0.05, 0) is 18.6 Å². The first kappa shape index (κ1) is 12.3. The molecule has 4 heteroatoms. The molecule has 1 N–H and O–H groups in total. The summed E-state index contributed by atoms with van der Waals surface area (Å²) in [7, 11) is 0. The van der Waals surface area contributed by atoms with Gasteiger partial charge < -0.3 is 9.88 Å². The predicted molar refractivity (Wildman–Crippen MR) is 72.6 cm³/mol. The molecule has 0 radical (unpaired) electrons. The Labute approximate surface area is 110 Å². The van der Waals surface area contributed by atoms with E-state index in [1.807, 2.05) is 18.6 Å². The fraction of sp³-hybridized carbons (Fsp3) is 0.308. The van der Waals surface area contributed by atoms with E-state index in [0.717, 1.165) is 24.1 Å². The minimum absolute atomic E-state index is 0.842. The van der Waals surface area contributed by atoms with Crippen molar-refractivity contribution in [1.82, 2.24) is 14.9 Å². The topological polar surface area (TPSA) is 29.9 Å². The Kier molecular flexibility index (Phi) is 4.34. The van der Waals surface area contributed by atoms with Gasteiger partial charge in [-0.25, -0.2) is 4.98 Å². The van der Waals surface area contributed by atoms with E-state index in [0.29, 0.717) is 0 Å². The third-order valence-electron chi connectivity index (χ3n) is 2.72. The number of hydrogen-bond acceptors (Lipinski definition) is 2. The molecule has 0 aliphatic heterocycles. The van der Waals surface area contributed by atoms with Gasteiger partial charge in [-0.15, -0.1) is 0 Å². The lowest BCUT2D eigenvalue weighted by molar-refractivity contribution is 0.627. The number of aryl methyl sites for hydroxylation is 1. The van der Waals surface area contributed by atoms with Crippen molar-refractivity contribution in [2.45, 2.75) is 26.6 Å². The van der Waals surface area contributed by atoms with E-state index in [9.17, 15) is 0 Å². The molecule has 0 fully saturated rings. The number of nitrogens with zero attached hydrogens (tertiary/aromatic N) is 2. The van der Waals surface area contributed by atoms with E-state index in [4.69, 9.17) is 0 Å². The van der Waals surface area contributed by atoms with Gasteiger partial charge in [-0.2, -0.15) is 0 Å². The van der Waals surface area contributed by atoms with Crippen LogP contribution < -0.4 is 5.32 Å². The van der Waals surface area contributed by atoms with Crippen LogP contribution in [-0.4, -0.2) is 9.55 Å². The Bertz CT molecular complexity index is 479. The summed E-state index contributed by atoms with van der Waals surface area (Å²) in [6, 6.07) is 8.26. The lowest BCUT2D eigenvalue weighted by Crippen LogP contribution is -2.15. The van der Waals surface area contributed by atoms with E-state index >= 15 is 0 Å². The zero-order valence-corrected chi connectivity index (χ0v) is 11.4. The van der Waals surface area contributed by atoms with Crippen LogP contribution in [0.25, 0.3) is 0 Å². The monoisotopic (exact) mass is 293 g/mol. The van der Waals surface area contributed by atoms with Crippen LogP contribution in [0.15, 0.2) is 41.3 Å². The molecular formula is C13H16BrN3. The Morgan fingerprint density at radius 3 is 2.88 bits per heavy atom. The Hall–Kier alpha value is -1.13. The van der Waals surface area contributed by atoms with Gasteiger partial charge in [-0.1, -0.05) is 34.1 Å². The van der Waals surface area contributed by atoms with Gasteiger partial charge in [0.05, 0.1) is 12.0 Å². The molecule has 0 saturated carbocycles. The molecule has 1 heterocycles. The third-order valence-corrected chi connectivity index (χ3v) is 3.49. The van der Waals surface area contributed by atoms with Gasteiger partial charge >= 0.3 is 0 Å². The fourth-order valence-corrected chi connectivity index (χ4v) is 2.17. The molecule has 3 nitrogen and oxygen atoms in total. The number of aromatic nitrogens is 2. The summed E-state index contributed by atoms with van der Waals surface area (Å²) >= 11 is 3.55. The quantitative estimate of drug-likeness (QED) is 0.919. The van der Waals surface area contributed by atoms with Gasteiger partial charge in [0.25, 0.3) is 0 Å². The average Bonchev–Trinajstić information content (AvgIpc) is 2.79. The van der Waals surface area contributed by atoms with Crippen molar-refractivity contribution < 1.29 is 0 Å². The molecule has 0 aliphatic rings. The van der Waals surface area contributed by atoms with E-state index in [1.54, 1.807) is 0 Å². The summed E-state index contributed by atoms with van der Waals surface area (Å²) in [5.41, 5.74) is 2.50. The zero-order chi connectivity index (χ0) is 12.1. The zero-order valence-electron chi connectivity index (χ0n) is 9.86. The summed E-state index contributed by atoms with van der Waals surface area (Å²) in [6.07, 6.45) is 3.78. The fourth-order valence-electron chi connectivity index (χ4n) is 1.75. The Morgan fingerprint density at radius 2 is 2.12 bits per heavy atom. The van der Waals surface area contributed by atoms with E-state index in [-0.39, 0.29) is 0 Å². The molecule has 0 unspecified atom stereocenters. The molecule has 0 amide bonds. The molecule has 17 heavy (non-hydrogen) atoms. The first-order chi connectivity index (χ1) is 8.31. The standard InChI is InChI=1S/C13H16BrN3/c1-2-17-10-16-9-12(17)8-15-7-11-5-3-4-6-13(11)14/h3-6,9-10,15H,2,7-8H2,1H3. The lowest BCUT2D eigenvalue weighted by Gasteiger charge is -2.08. The highest BCUT2D eigenvalue weighted by atomic mass is 79.9. The molecule has 1 aromatic carbocycles. The minimum atomic E-state index is 0.842. The Morgan fingerprint density at radius 1 is 1.29 bits per heavy atom. The van der Waals surface area contributed by atoms with Crippen LogP contribution >= 0.6 is 15.9 Å². The molecule has 0 aliphatic carbocycles. The van der Waals surface area contributed by atoms with Crippen molar-refractivity contribution in [1.29, 1.82) is 0 Å². The van der Waals surface area contributed by atoms with Crippen LogP contribution in [0, 0.1) is 0 Å². The molecule has 2 rings (SSSR count). The lowest BCUT2D eigenvalue weighted by atomic mass is 10.2. The molecule has 2 aromatic rings. The highest BCUT2D eigenvalue weighted by molar-refractivity contribution is 9.10. The minimum Gasteiger partial charge on any atom is -0.334 e. The first-order valence-electron chi connectivity index (χ1n) is 5.74. The van der Waals surface area contributed by atoms with Gasteiger partial charge in [0, 0.05) is 30.3 Å². The molecule has 0 spiro atoms. The van der Waals surface area contributed by atoms with Crippen molar-refractivity contribution in [2.75, 3.05) is 0 Å².